The van der Waals surface area contributed by atoms with E-state index in [4.69, 9.17) is 0 Å². The number of amidine groups is 1. The fraction of sp³-hybridized carbons (Fsp3) is 0.0741. The molecular formula is C27H21N3O3S. The molecule has 0 bridgehead atoms. The highest BCUT2D eigenvalue weighted by Crippen LogP contribution is 2.35. The summed E-state index contributed by atoms with van der Waals surface area (Å²) in [5, 5.41) is 10.8. The Morgan fingerprint density at radius 1 is 1.03 bits per heavy atom. The van der Waals surface area contributed by atoms with Crippen LogP contribution in [0.15, 0.2) is 95.0 Å². The molecule has 3 aromatic carbocycles. The summed E-state index contributed by atoms with van der Waals surface area (Å²) >= 11 is 1.28. The zero-order valence-corrected chi connectivity index (χ0v) is 19.2. The summed E-state index contributed by atoms with van der Waals surface area (Å²) in [7, 11) is 1.68. The second kappa shape index (κ2) is 9.03. The number of aromatic carboxylic acids is 1. The third-order valence-corrected chi connectivity index (χ3v) is 6.68. The van der Waals surface area contributed by atoms with Gasteiger partial charge in [0.15, 0.2) is 5.17 Å². The summed E-state index contributed by atoms with van der Waals surface area (Å²) in [5.74, 6) is -1.16. The first-order chi connectivity index (χ1) is 16.5. The summed E-state index contributed by atoms with van der Waals surface area (Å²) in [6.07, 6.45) is 3.98. The Balaban J connectivity index is 1.49. The number of carbonyl (C=O) groups is 2. The lowest BCUT2D eigenvalue weighted by Crippen LogP contribution is -2.23. The largest absolute Gasteiger partial charge is 0.478 e. The number of rotatable bonds is 5. The Kier molecular flexibility index (Phi) is 5.77. The predicted octanol–water partition coefficient (Wildman–Crippen LogP) is 5.62. The van der Waals surface area contributed by atoms with Crippen LogP contribution in [0.5, 0.6) is 0 Å². The normalized spacial score (nSPS) is 16.1. The van der Waals surface area contributed by atoms with Crippen LogP contribution in [0.3, 0.4) is 0 Å². The maximum absolute atomic E-state index is 13.0. The Hall–Kier alpha value is -4.10. The third kappa shape index (κ3) is 4.25. The van der Waals surface area contributed by atoms with Crippen molar-refractivity contribution < 1.29 is 14.7 Å². The van der Waals surface area contributed by atoms with E-state index in [-0.39, 0.29) is 11.5 Å². The standard InChI is InChI=1S/C27H21N3O3S/c1-29-25(31)24(34-27(29)28-21-11-7-10-19(14-21)26(32)33)15-20-17-30(16-18-8-3-2-4-9-18)23-13-6-5-12-22(20)23/h2-15,17H,16H2,1H3,(H,32,33). The van der Waals surface area contributed by atoms with E-state index in [1.54, 1.807) is 19.2 Å². The van der Waals surface area contributed by atoms with E-state index >= 15 is 0 Å². The van der Waals surface area contributed by atoms with Crippen molar-refractivity contribution in [2.45, 2.75) is 6.54 Å². The first kappa shape index (κ1) is 21.7. The maximum atomic E-state index is 13.0. The summed E-state index contributed by atoms with van der Waals surface area (Å²) in [6.45, 7) is 0.734. The molecule has 1 amide bonds. The minimum Gasteiger partial charge on any atom is -0.478 e. The fourth-order valence-electron chi connectivity index (χ4n) is 3.91. The van der Waals surface area contributed by atoms with Gasteiger partial charge in [-0.1, -0.05) is 54.6 Å². The van der Waals surface area contributed by atoms with E-state index in [1.807, 2.05) is 36.4 Å². The summed E-state index contributed by atoms with van der Waals surface area (Å²) < 4.78 is 2.19. The molecule has 2 heterocycles. The van der Waals surface area contributed by atoms with E-state index in [2.05, 4.69) is 40.0 Å². The number of fused-ring (bicyclic) bond motifs is 1. The van der Waals surface area contributed by atoms with Crippen LogP contribution in [0, 0.1) is 0 Å². The van der Waals surface area contributed by atoms with Crippen LogP contribution in [0.25, 0.3) is 17.0 Å². The number of benzene rings is 3. The fourth-order valence-corrected chi connectivity index (χ4v) is 4.89. The summed E-state index contributed by atoms with van der Waals surface area (Å²) in [6, 6.07) is 24.8. The minimum absolute atomic E-state index is 0.141. The SMILES string of the molecule is CN1C(=O)C(=Cc2cn(Cc3ccccc3)c3ccccc23)SC1=Nc1cccc(C(=O)O)c1. The lowest BCUT2D eigenvalue weighted by Gasteiger charge is -2.07. The molecule has 0 saturated carbocycles. The molecule has 0 unspecified atom stereocenters. The number of nitrogens with zero attached hydrogens (tertiary/aromatic N) is 3. The van der Waals surface area contributed by atoms with Crippen molar-refractivity contribution in [2.24, 2.45) is 4.99 Å². The van der Waals surface area contributed by atoms with Gasteiger partial charge in [0.1, 0.15) is 0 Å². The number of thioether (sulfide) groups is 1. The number of para-hydroxylation sites is 1. The average molecular weight is 468 g/mol. The quantitative estimate of drug-likeness (QED) is 0.387. The molecule has 7 heteroatoms. The monoisotopic (exact) mass is 467 g/mol. The van der Waals surface area contributed by atoms with Crippen molar-refractivity contribution >= 4 is 51.5 Å². The molecule has 1 aliphatic rings. The van der Waals surface area contributed by atoms with Crippen molar-refractivity contribution in [1.29, 1.82) is 0 Å². The number of aromatic nitrogens is 1. The molecule has 1 saturated heterocycles. The minimum atomic E-state index is -1.02. The smallest absolute Gasteiger partial charge is 0.335 e. The average Bonchev–Trinajstić information content (AvgIpc) is 3.32. The van der Waals surface area contributed by atoms with Crippen LogP contribution < -0.4 is 0 Å². The van der Waals surface area contributed by atoms with Crippen molar-refractivity contribution in [1.82, 2.24) is 9.47 Å². The van der Waals surface area contributed by atoms with Crippen LogP contribution >= 0.6 is 11.8 Å². The Morgan fingerprint density at radius 3 is 2.59 bits per heavy atom. The zero-order valence-electron chi connectivity index (χ0n) is 18.4. The molecule has 34 heavy (non-hydrogen) atoms. The maximum Gasteiger partial charge on any atom is 0.335 e. The van der Waals surface area contributed by atoms with Gasteiger partial charge in [0.25, 0.3) is 5.91 Å². The lowest BCUT2D eigenvalue weighted by molar-refractivity contribution is -0.121. The molecule has 0 atom stereocenters. The van der Waals surface area contributed by atoms with Gasteiger partial charge in [0.05, 0.1) is 16.2 Å². The number of amides is 1. The first-order valence-electron chi connectivity index (χ1n) is 10.7. The van der Waals surface area contributed by atoms with E-state index in [9.17, 15) is 14.7 Å². The zero-order chi connectivity index (χ0) is 23.7. The molecule has 0 spiro atoms. The number of hydrogen-bond acceptors (Lipinski definition) is 4. The highest BCUT2D eigenvalue weighted by Gasteiger charge is 2.30. The van der Waals surface area contributed by atoms with Crippen LogP contribution in [-0.4, -0.2) is 38.7 Å². The summed E-state index contributed by atoms with van der Waals surface area (Å²) in [4.78, 5) is 30.8. The number of hydrogen-bond donors (Lipinski definition) is 1. The van der Waals surface area contributed by atoms with Gasteiger partial charge in [0.2, 0.25) is 0 Å². The van der Waals surface area contributed by atoms with Crippen molar-refractivity contribution in [3.8, 4) is 0 Å². The Labute approximate surface area is 200 Å². The number of aliphatic imine (C=N–C) groups is 1. The van der Waals surface area contributed by atoms with Gasteiger partial charge in [-0.3, -0.25) is 9.69 Å². The van der Waals surface area contributed by atoms with Gasteiger partial charge < -0.3 is 9.67 Å². The second-order valence-electron chi connectivity index (χ2n) is 7.94. The molecule has 5 rings (SSSR count). The van der Waals surface area contributed by atoms with Crippen molar-refractivity contribution in [3.63, 3.8) is 0 Å². The topological polar surface area (TPSA) is 74.9 Å². The number of carbonyl (C=O) groups excluding carboxylic acids is 1. The molecule has 1 fully saturated rings. The highest BCUT2D eigenvalue weighted by atomic mass is 32.2. The summed E-state index contributed by atoms with van der Waals surface area (Å²) in [5.41, 5.74) is 3.90. The van der Waals surface area contributed by atoms with E-state index in [0.29, 0.717) is 15.8 Å². The molecule has 1 N–H and O–H groups in total. The van der Waals surface area contributed by atoms with E-state index in [1.165, 1.54) is 34.4 Å². The van der Waals surface area contributed by atoms with Crippen LogP contribution in [-0.2, 0) is 11.3 Å². The Bertz CT molecular complexity index is 1470. The van der Waals surface area contributed by atoms with Crippen LogP contribution in [0.1, 0.15) is 21.5 Å². The van der Waals surface area contributed by atoms with Gasteiger partial charge in [-0.15, -0.1) is 0 Å². The molecular weight excluding hydrogens is 446 g/mol. The van der Waals surface area contributed by atoms with E-state index < -0.39 is 5.97 Å². The van der Waals surface area contributed by atoms with Crippen LogP contribution in [0.4, 0.5) is 5.69 Å². The van der Waals surface area contributed by atoms with Gasteiger partial charge in [-0.2, -0.15) is 0 Å². The van der Waals surface area contributed by atoms with Gasteiger partial charge in [-0.05, 0) is 47.7 Å². The van der Waals surface area contributed by atoms with Gasteiger partial charge in [0, 0.05) is 36.3 Å². The van der Waals surface area contributed by atoms with Gasteiger partial charge >= 0.3 is 5.97 Å². The molecule has 168 valence electrons. The highest BCUT2D eigenvalue weighted by molar-refractivity contribution is 8.18. The van der Waals surface area contributed by atoms with Crippen LogP contribution in [0.2, 0.25) is 0 Å². The molecule has 1 aromatic heterocycles. The van der Waals surface area contributed by atoms with Crippen molar-refractivity contribution in [2.75, 3.05) is 7.05 Å². The molecule has 6 nitrogen and oxygen atoms in total. The number of carboxylic acid groups (broad SMARTS) is 1. The molecule has 0 radical (unpaired) electrons. The van der Waals surface area contributed by atoms with Crippen molar-refractivity contribution in [3.05, 3.63) is 107 Å². The molecule has 4 aromatic rings. The molecule has 0 aliphatic carbocycles. The number of carboxylic acids is 1. The third-order valence-electron chi connectivity index (χ3n) is 5.62. The predicted molar refractivity (Wildman–Crippen MR) is 136 cm³/mol. The molecule has 1 aliphatic heterocycles. The van der Waals surface area contributed by atoms with Gasteiger partial charge in [-0.25, -0.2) is 9.79 Å². The second-order valence-corrected chi connectivity index (χ2v) is 8.95. The number of likely N-dealkylation sites (N-methyl/N-ethyl adjacent to an activating group) is 1. The first-order valence-corrected chi connectivity index (χ1v) is 11.5. The Morgan fingerprint density at radius 2 is 1.79 bits per heavy atom. The van der Waals surface area contributed by atoms with E-state index in [0.717, 1.165) is 23.0 Å². The lowest BCUT2D eigenvalue weighted by atomic mass is 10.1.